The summed E-state index contributed by atoms with van der Waals surface area (Å²) in [4.78, 5) is 12.3. The first-order chi connectivity index (χ1) is 7.58. The standard InChI is InChI=1S/C13H26N2O/c1-4-13(5-2,6-3)15-11(16)12(10-14)8-7-9-12/h4-10,14H2,1-3H3,(H,15,16). The van der Waals surface area contributed by atoms with Gasteiger partial charge in [0, 0.05) is 12.1 Å². The summed E-state index contributed by atoms with van der Waals surface area (Å²) in [5.41, 5.74) is 5.49. The molecule has 1 amide bonds. The van der Waals surface area contributed by atoms with Gasteiger partial charge in [-0.3, -0.25) is 4.79 Å². The Morgan fingerprint density at radius 3 is 2.00 bits per heavy atom. The molecule has 1 rings (SSSR count). The lowest BCUT2D eigenvalue weighted by Gasteiger charge is -2.43. The third kappa shape index (κ3) is 2.24. The highest BCUT2D eigenvalue weighted by molar-refractivity contribution is 5.84. The van der Waals surface area contributed by atoms with Crippen molar-refractivity contribution in [1.82, 2.24) is 5.32 Å². The number of carbonyl (C=O) groups excluding carboxylic acids is 1. The Hall–Kier alpha value is -0.570. The first-order valence-corrected chi connectivity index (χ1v) is 6.61. The molecule has 0 unspecified atom stereocenters. The highest BCUT2D eigenvalue weighted by Crippen LogP contribution is 2.40. The summed E-state index contributed by atoms with van der Waals surface area (Å²) >= 11 is 0. The lowest BCUT2D eigenvalue weighted by atomic mass is 9.67. The van der Waals surface area contributed by atoms with Crippen molar-refractivity contribution in [2.75, 3.05) is 6.54 Å². The summed E-state index contributed by atoms with van der Waals surface area (Å²) in [7, 11) is 0. The number of hydrogen-bond acceptors (Lipinski definition) is 2. The topological polar surface area (TPSA) is 55.1 Å². The molecule has 3 nitrogen and oxygen atoms in total. The predicted octanol–water partition coefficient (Wildman–Crippen LogP) is 2.20. The fourth-order valence-electron chi connectivity index (χ4n) is 2.52. The Kier molecular flexibility index (Phi) is 4.36. The van der Waals surface area contributed by atoms with E-state index in [-0.39, 0.29) is 16.9 Å². The zero-order valence-electron chi connectivity index (χ0n) is 10.9. The van der Waals surface area contributed by atoms with E-state index in [2.05, 4.69) is 26.1 Å². The van der Waals surface area contributed by atoms with Crippen LogP contribution in [0.15, 0.2) is 0 Å². The molecule has 0 aromatic rings. The molecule has 94 valence electrons. The van der Waals surface area contributed by atoms with Crippen LogP contribution in [0.5, 0.6) is 0 Å². The van der Waals surface area contributed by atoms with Crippen molar-refractivity contribution in [3.63, 3.8) is 0 Å². The van der Waals surface area contributed by atoms with Gasteiger partial charge in [0.25, 0.3) is 0 Å². The first-order valence-electron chi connectivity index (χ1n) is 6.61. The zero-order chi connectivity index (χ0) is 12.2. The summed E-state index contributed by atoms with van der Waals surface area (Å²) in [6, 6.07) is 0. The first kappa shape index (κ1) is 13.5. The fourth-order valence-corrected chi connectivity index (χ4v) is 2.52. The van der Waals surface area contributed by atoms with Gasteiger partial charge in [0.15, 0.2) is 0 Å². The minimum absolute atomic E-state index is 0.0190. The second-order valence-corrected chi connectivity index (χ2v) is 5.13. The second-order valence-electron chi connectivity index (χ2n) is 5.13. The molecular weight excluding hydrogens is 200 g/mol. The van der Waals surface area contributed by atoms with Crippen molar-refractivity contribution in [3.05, 3.63) is 0 Å². The van der Waals surface area contributed by atoms with E-state index in [0.717, 1.165) is 38.5 Å². The maximum Gasteiger partial charge on any atom is 0.227 e. The highest BCUT2D eigenvalue weighted by Gasteiger charge is 2.44. The van der Waals surface area contributed by atoms with Gasteiger partial charge in [0.05, 0.1) is 5.41 Å². The summed E-state index contributed by atoms with van der Waals surface area (Å²) in [6.07, 6.45) is 6.04. The van der Waals surface area contributed by atoms with Gasteiger partial charge in [-0.25, -0.2) is 0 Å². The van der Waals surface area contributed by atoms with Gasteiger partial charge in [-0.1, -0.05) is 27.2 Å². The Labute approximate surface area is 99.2 Å². The second kappa shape index (κ2) is 5.17. The van der Waals surface area contributed by atoms with Gasteiger partial charge >= 0.3 is 0 Å². The van der Waals surface area contributed by atoms with Gasteiger partial charge in [-0.05, 0) is 32.1 Å². The number of nitrogens with one attached hydrogen (secondary N) is 1. The number of nitrogens with two attached hydrogens (primary N) is 1. The molecule has 16 heavy (non-hydrogen) atoms. The van der Waals surface area contributed by atoms with E-state index in [9.17, 15) is 4.79 Å². The SMILES string of the molecule is CCC(CC)(CC)NC(=O)C1(CN)CCC1. The molecule has 3 heteroatoms. The van der Waals surface area contributed by atoms with Crippen molar-refractivity contribution >= 4 is 5.91 Å². The third-order valence-electron chi connectivity index (χ3n) is 4.59. The molecule has 0 bridgehead atoms. The minimum Gasteiger partial charge on any atom is -0.350 e. The van der Waals surface area contributed by atoms with Crippen LogP contribution >= 0.6 is 0 Å². The number of carbonyl (C=O) groups is 1. The molecule has 0 aromatic carbocycles. The van der Waals surface area contributed by atoms with Gasteiger partial charge in [0.2, 0.25) is 5.91 Å². The molecule has 0 aliphatic heterocycles. The molecular formula is C13H26N2O. The van der Waals surface area contributed by atoms with Crippen LogP contribution in [0.4, 0.5) is 0 Å². The van der Waals surface area contributed by atoms with Crippen molar-refractivity contribution in [1.29, 1.82) is 0 Å². The van der Waals surface area contributed by atoms with Crippen LogP contribution in [0.1, 0.15) is 59.3 Å². The van der Waals surface area contributed by atoms with E-state index >= 15 is 0 Å². The highest BCUT2D eigenvalue weighted by atomic mass is 16.2. The normalized spacial score (nSPS) is 19.0. The summed E-state index contributed by atoms with van der Waals surface area (Å²) in [6.45, 7) is 6.92. The molecule has 0 spiro atoms. The molecule has 1 fully saturated rings. The minimum atomic E-state index is -0.245. The lowest BCUT2D eigenvalue weighted by Crippen LogP contribution is -2.57. The number of rotatable bonds is 6. The number of hydrogen-bond donors (Lipinski definition) is 2. The van der Waals surface area contributed by atoms with Crippen molar-refractivity contribution in [2.45, 2.75) is 64.8 Å². The van der Waals surface area contributed by atoms with E-state index in [1.54, 1.807) is 0 Å². The van der Waals surface area contributed by atoms with Crippen molar-refractivity contribution in [3.8, 4) is 0 Å². The predicted molar refractivity (Wildman–Crippen MR) is 67.1 cm³/mol. The molecule has 0 radical (unpaired) electrons. The largest absolute Gasteiger partial charge is 0.350 e. The summed E-state index contributed by atoms with van der Waals surface area (Å²) in [5.74, 6) is 0.187. The van der Waals surface area contributed by atoms with E-state index in [0.29, 0.717) is 6.54 Å². The zero-order valence-corrected chi connectivity index (χ0v) is 10.9. The van der Waals surface area contributed by atoms with E-state index in [1.165, 1.54) is 0 Å². The summed E-state index contributed by atoms with van der Waals surface area (Å²) < 4.78 is 0. The molecule has 1 aliphatic rings. The van der Waals surface area contributed by atoms with Crippen molar-refractivity contribution in [2.24, 2.45) is 11.1 Å². The van der Waals surface area contributed by atoms with Crippen LogP contribution < -0.4 is 11.1 Å². The molecule has 1 saturated carbocycles. The Bertz CT molecular complexity index is 229. The van der Waals surface area contributed by atoms with Crippen LogP contribution in [-0.2, 0) is 4.79 Å². The van der Waals surface area contributed by atoms with E-state index in [1.807, 2.05) is 0 Å². The van der Waals surface area contributed by atoms with Gasteiger partial charge < -0.3 is 11.1 Å². The van der Waals surface area contributed by atoms with Gasteiger partial charge in [0.1, 0.15) is 0 Å². The van der Waals surface area contributed by atoms with E-state index < -0.39 is 0 Å². The molecule has 0 saturated heterocycles. The monoisotopic (exact) mass is 226 g/mol. The molecule has 0 aromatic heterocycles. The average molecular weight is 226 g/mol. The van der Waals surface area contributed by atoms with Crippen LogP contribution in [0.2, 0.25) is 0 Å². The van der Waals surface area contributed by atoms with Crippen LogP contribution in [0.3, 0.4) is 0 Å². The van der Waals surface area contributed by atoms with Crippen molar-refractivity contribution < 1.29 is 4.79 Å². The molecule has 0 heterocycles. The van der Waals surface area contributed by atoms with Gasteiger partial charge in [-0.2, -0.15) is 0 Å². The van der Waals surface area contributed by atoms with Crippen LogP contribution in [-0.4, -0.2) is 18.0 Å². The van der Waals surface area contributed by atoms with Gasteiger partial charge in [-0.15, -0.1) is 0 Å². The Morgan fingerprint density at radius 1 is 1.25 bits per heavy atom. The van der Waals surface area contributed by atoms with Crippen LogP contribution in [0.25, 0.3) is 0 Å². The molecule has 3 N–H and O–H groups in total. The van der Waals surface area contributed by atoms with Crippen LogP contribution in [0, 0.1) is 5.41 Å². The summed E-state index contributed by atoms with van der Waals surface area (Å²) in [5, 5.41) is 3.25. The molecule has 1 aliphatic carbocycles. The third-order valence-corrected chi connectivity index (χ3v) is 4.59. The Balaban J connectivity index is 2.68. The van der Waals surface area contributed by atoms with E-state index in [4.69, 9.17) is 5.73 Å². The number of amides is 1. The average Bonchev–Trinajstić information content (AvgIpc) is 2.25. The Morgan fingerprint density at radius 2 is 1.75 bits per heavy atom. The maximum absolute atomic E-state index is 12.3. The molecule has 0 atom stereocenters. The maximum atomic E-state index is 12.3. The quantitative estimate of drug-likeness (QED) is 0.729. The smallest absolute Gasteiger partial charge is 0.227 e. The fraction of sp³-hybridized carbons (Fsp3) is 0.923. The lowest BCUT2D eigenvalue weighted by molar-refractivity contribution is -0.137.